The molecule has 0 amide bonds. The summed E-state index contributed by atoms with van der Waals surface area (Å²) in [4.78, 5) is 0. The van der Waals surface area contributed by atoms with E-state index in [1.165, 1.54) is 0 Å². The predicted molar refractivity (Wildman–Crippen MR) is 76.0 cm³/mol. The van der Waals surface area contributed by atoms with Crippen molar-refractivity contribution in [3.63, 3.8) is 0 Å². The molecule has 0 heterocycles. The lowest BCUT2D eigenvalue weighted by Crippen LogP contribution is -2.29. The highest BCUT2D eigenvalue weighted by Crippen LogP contribution is 2.42. The molecule has 2 N–H and O–H groups in total. The Morgan fingerprint density at radius 1 is 1.30 bits per heavy atom. The van der Waals surface area contributed by atoms with E-state index in [1.807, 2.05) is 18.2 Å². The highest BCUT2D eigenvalue weighted by Gasteiger charge is 2.38. The summed E-state index contributed by atoms with van der Waals surface area (Å²) in [7, 11) is 0. The molecular formula is C17H16O3. The third-order valence-electron chi connectivity index (χ3n) is 3.88. The lowest BCUT2D eigenvalue weighted by atomic mass is 9.75. The first-order chi connectivity index (χ1) is 9.57. The van der Waals surface area contributed by atoms with Crippen molar-refractivity contribution in [3.05, 3.63) is 48.3 Å². The van der Waals surface area contributed by atoms with Crippen LogP contribution in [0.25, 0.3) is 0 Å². The van der Waals surface area contributed by atoms with Crippen molar-refractivity contribution in [2.75, 3.05) is 0 Å². The van der Waals surface area contributed by atoms with Gasteiger partial charge in [0.05, 0.1) is 0 Å². The average Bonchev–Trinajstić information content (AvgIpc) is 3.00. The molecule has 20 heavy (non-hydrogen) atoms. The van der Waals surface area contributed by atoms with Crippen LogP contribution in [0.3, 0.4) is 0 Å². The molecule has 0 spiro atoms. The van der Waals surface area contributed by atoms with Gasteiger partial charge in [0.2, 0.25) is 0 Å². The standard InChI is InChI=1S/C17H16O3/c1-17(15-3-2-4-16(15)19)10-9-14(11-17)20-13-7-5-12(18)6-8-13/h5-11,15-16,18-19H,3H2,1H3. The lowest BCUT2D eigenvalue weighted by molar-refractivity contribution is 0.123. The first-order valence-electron chi connectivity index (χ1n) is 6.62. The maximum atomic E-state index is 9.92. The minimum absolute atomic E-state index is 0.0552. The first kappa shape index (κ1) is 12.8. The van der Waals surface area contributed by atoms with E-state index in [-0.39, 0.29) is 17.1 Å². The van der Waals surface area contributed by atoms with Gasteiger partial charge in [-0.15, -0.1) is 5.92 Å². The second-order valence-electron chi connectivity index (χ2n) is 5.42. The van der Waals surface area contributed by atoms with Crippen LogP contribution in [0.15, 0.2) is 48.3 Å². The number of aliphatic hydroxyl groups excluding tert-OH is 1. The number of phenols is 1. The summed E-state index contributed by atoms with van der Waals surface area (Å²) in [5.41, 5.74) is -0.248. The molecule has 0 aliphatic heterocycles. The number of benzene rings is 1. The van der Waals surface area contributed by atoms with E-state index in [9.17, 15) is 10.2 Å². The van der Waals surface area contributed by atoms with Crippen LogP contribution in [0.1, 0.15) is 13.3 Å². The minimum atomic E-state index is -0.575. The molecule has 2 aliphatic carbocycles. The fourth-order valence-electron chi connectivity index (χ4n) is 2.65. The molecule has 0 saturated carbocycles. The average molecular weight is 268 g/mol. The summed E-state index contributed by atoms with van der Waals surface area (Å²) in [6.45, 7) is 2.07. The number of hydrogen-bond acceptors (Lipinski definition) is 3. The number of rotatable bonds is 3. The molecule has 1 aromatic rings. The lowest BCUT2D eigenvalue weighted by Gasteiger charge is -2.29. The normalized spacial score (nSPS) is 30.8. The maximum Gasteiger partial charge on any atom is 0.127 e. The van der Waals surface area contributed by atoms with Crippen LogP contribution in [0, 0.1) is 23.2 Å². The van der Waals surface area contributed by atoms with E-state index in [1.54, 1.807) is 24.3 Å². The molecule has 3 nitrogen and oxygen atoms in total. The molecule has 1 aromatic carbocycles. The van der Waals surface area contributed by atoms with Gasteiger partial charge >= 0.3 is 0 Å². The Bertz CT molecular complexity index is 630. The van der Waals surface area contributed by atoms with Crippen molar-refractivity contribution in [2.45, 2.75) is 19.4 Å². The summed E-state index contributed by atoms with van der Waals surface area (Å²) < 4.78 is 5.76. The van der Waals surface area contributed by atoms with Crippen LogP contribution in [0.4, 0.5) is 0 Å². The quantitative estimate of drug-likeness (QED) is 0.828. The van der Waals surface area contributed by atoms with Crippen molar-refractivity contribution in [2.24, 2.45) is 11.3 Å². The van der Waals surface area contributed by atoms with Gasteiger partial charge in [-0.05, 0) is 36.4 Å². The van der Waals surface area contributed by atoms with Crippen LogP contribution in [-0.2, 0) is 0 Å². The van der Waals surface area contributed by atoms with Crippen molar-refractivity contribution in [3.8, 4) is 23.3 Å². The Morgan fingerprint density at radius 2 is 2.05 bits per heavy atom. The number of aromatic hydroxyl groups is 1. The van der Waals surface area contributed by atoms with Crippen molar-refractivity contribution in [1.82, 2.24) is 0 Å². The van der Waals surface area contributed by atoms with Gasteiger partial charge in [0.1, 0.15) is 23.4 Å². The largest absolute Gasteiger partial charge is 0.508 e. The number of allylic oxidation sites excluding steroid dienone is 3. The number of phenolic OH excluding ortho intramolecular Hbond substituents is 1. The maximum absolute atomic E-state index is 9.92. The van der Waals surface area contributed by atoms with Crippen molar-refractivity contribution < 1.29 is 14.9 Å². The van der Waals surface area contributed by atoms with Crippen molar-refractivity contribution in [1.29, 1.82) is 0 Å². The van der Waals surface area contributed by atoms with Gasteiger partial charge in [0.15, 0.2) is 0 Å². The Balaban J connectivity index is 1.75. The molecular weight excluding hydrogens is 252 g/mol. The van der Waals surface area contributed by atoms with Gasteiger partial charge in [-0.25, -0.2) is 0 Å². The third kappa shape index (κ3) is 2.31. The first-order valence-corrected chi connectivity index (χ1v) is 6.62. The van der Waals surface area contributed by atoms with E-state index < -0.39 is 6.10 Å². The summed E-state index contributed by atoms with van der Waals surface area (Å²) in [6, 6.07) is 6.60. The molecule has 0 radical (unpaired) electrons. The van der Waals surface area contributed by atoms with Crippen LogP contribution >= 0.6 is 0 Å². The van der Waals surface area contributed by atoms with E-state index in [4.69, 9.17) is 4.74 Å². The molecule has 0 aromatic heterocycles. The summed E-state index contributed by atoms with van der Waals surface area (Å²) in [5.74, 6) is 7.47. The minimum Gasteiger partial charge on any atom is -0.508 e. The number of hydrogen-bond donors (Lipinski definition) is 2. The highest BCUT2D eigenvalue weighted by molar-refractivity contribution is 5.38. The van der Waals surface area contributed by atoms with E-state index in [0.29, 0.717) is 12.2 Å². The monoisotopic (exact) mass is 268 g/mol. The van der Waals surface area contributed by atoms with Gasteiger partial charge in [0.25, 0.3) is 0 Å². The van der Waals surface area contributed by atoms with Gasteiger partial charge in [-0.2, -0.15) is 0 Å². The van der Waals surface area contributed by atoms with E-state index in [2.05, 4.69) is 18.8 Å². The fraction of sp³-hybridized carbons (Fsp3) is 0.294. The fourth-order valence-corrected chi connectivity index (χ4v) is 2.65. The van der Waals surface area contributed by atoms with Crippen LogP contribution in [0.5, 0.6) is 11.5 Å². The van der Waals surface area contributed by atoms with Crippen molar-refractivity contribution >= 4 is 0 Å². The second kappa shape index (κ2) is 4.73. The van der Waals surface area contributed by atoms with E-state index in [0.717, 1.165) is 5.76 Å². The van der Waals surface area contributed by atoms with Crippen LogP contribution in [-0.4, -0.2) is 16.3 Å². The highest BCUT2D eigenvalue weighted by atomic mass is 16.5. The molecule has 3 rings (SSSR count). The van der Waals surface area contributed by atoms with Gasteiger partial charge < -0.3 is 14.9 Å². The van der Waals surface area contributed by atoms with Gasteiger partial charge in [-0.3, -0.25) is 0 Å². The van der Waals surface area contributed by atoms with Crippen LogP contribution in [0.2, 0.25) is 0 Å². The zero-order valence-corrected chi connectivity index (χ0v) is 11.2. The molecule has 0 saturated heterocycles. The molecule has 3 atom stereocenters. The smallest absolute Gasteiger partial charge is 0.127 e. The Labute approximate surface area is 118 Å². The number of ether oxygens (including phenoxy) is 1. The molecule has 3 heteroatoms. The van der Waals surface area contributed by atoms with Crippen LogP contribution < -0.4 is 4.74 Å². The van der Waals surface area contributed by atoms with E-state index >= 15 is 0 Å². The molecule has 0 fully saturated rings. The SMILES string of the molecule is CC1(C2CC#CC2O)C=CC(Oc2ccc(O)cc2)=C1. The van der Waals surface area contributed by atoms with Gasteiger partial charge in [-0.1, -0.05) is 18.9 Å². The zero-order chi connectivity index (χ0) is 14.2. The molecule has 0 bridgehead atoms. The summed E-state index contributed by atoms with van der Waals surface area (Å²) in [5, 5.41) is 19.2. The molecule has 3 unspecified atom stereocenters. The second-order valence-corrected chi connectivity index (χ2v) is 5.42. The summed E-state index contributed by atoms with van der Waals surface area (Å²) >= 11 is 0. The number of aliphatic hydroxyl groups is 1. The van der Waals surface area contributed by atoms with Gasteiger partial charge in [0, 0.05) is 17.8 Å². The zero-order valence-electron chi connectivity index (χ0n) is 11.2. The topological polar surface area (TPSA) is 49.7 Å². The Kier molecular flexibility index (Phi) is 3.04. The molecule has 102 valence electrons. The molecule has 2 aliphatic rings. The summed E-state index contributed by atoms with van der Waals surface area (Å²) in [6.07, 6.45) is 6.10. The Hall–Kier alpha value is -2.18. The predicted octanol–water partition coefficient (Wildman–Crippen LogP) is 2.62. The third-order valence-corrected chi connectivity index (χ3v) is 3.88. The Morgan fingerprint density at radius 3 is 2.70 bits per heavy atom.